The molecule has 2 aromatic rings. The highest BCUT2D eigenvalue weighted by atomic mass is 16.3. The van der Waals surface area contributed by atoms with Gasteiger partial charge in [0, 0.05) is 12.8 Å². The molecular formula is C29H40N2O8. The van der Waals surface area contributed by atoms with Crippen LogP contribution in [0.25, 0.3) is 0 Å². The predicted molar refractivity (Wildman–Crippen MR) is 146 cm³/mol. The largest absolute Gasteiger partial charge is 0.504 e. The maximum absolute atomic E-state index is 12.4. The van der Waals surface area contributed by atoms with E-state index < -0.39 is 30.1 Å². The molecule has 0 bridgehead atoms. The van der Waals surface area contributed by atoms with Crippen molar-refractivity contribution >= 4 is 17.5 Å². The summed E-state index contributed by atoms with van der Waals surface area (Å²) in [7, 11) is 0. The first-order valence-electron chi connectivity index (χ1n) is 13.5. The number of unbranched alkanes of at least 4 members (excludes halogenated alkanes) is 6. The van der Waals surface area contributed by atoms with Gasteiger partial charge in [0.25, 0.3) is 5.91 Å². The minimum absolute atomic E-state index is 0.165. The van der Waals surface area contributed by atoms with E-state index in [0.717, 1.165) is 51.5 Å². The van der Waals surface area contributed by atoms with Crippen molar-refractivity contribution in [3.8, 4) is 23.0 Å². The highest BCUT2D eigenvalue weighted by molar-refractivity contribution is 6.00. The normalized spacial score (nSPS) is 11.7. The second kappa shape index (κ2) is 17.1. The molecule has 214 valence electrons. The van der Waals surface area contributed by atoms with Gasteiger partial charge in [-0.25, -0.2) is 0 Å². The lowest BCUT2D eigenvalue weighted by atomic mass is 10.0. The average Bonchev–Trinajstić information content (AvgIpc) is 2.92. The molecule has 0 unspecified atom stereocenters. The van der Waals surface area contributed by atoms with Gasteiger partial charge in [0.05, 0.1) is 17.7 Å². The van der Waals surface area contributed by atoms with Crippen molar-refractivity contribution in [3.05, 3.63) is 47.5 Å². The van der Waals surface area contributed by atoms with Gasteiger partial charge in [-0.3, -0.25) is 14.4 Å². The summed E-state index contributed by atoms with van der Waals surface area (Å²) in [6, 6.07) is 7.25. The number of aromatic hydroxyl groups is 4. The number of amides is 1. The molecule has 0 aliphatic heterocycles. The third-order valence-corrected chi connectivity index (χ3v) is 6.49. The van der Waals surface area contributed by atoms with Gasteiger partial charge in [-0.05, 0) is 56.6 Å². The molecular weight excluding hydrogens is 504 g/mol. The fourth-order valence-electron chi connectivity index (χ4n) is 4.18. The number of phenolic OH excluding ortho intramolecular Hbond substituents is 4. The number of aliphatic hydroxyl groups is 1. The zero-order valence-electron chi connectivity index (χ0n) is 22.2. The van der Waals surface area contributed by atoms with Crippen LogP contribution in [0.5, 0.6) is 23.0 Å². The van der Waals surface area contributed by atoms with E-state index in [1.807, 2.05) is 0 Å². The molecule has 0 spiro atoms. The Morgan fingerprint density at radius 1 is 0.667 bits per heavy atom. The number of carbonyl (C=O) groups excluding carboxylic acids is 3. The molecule has 39 heavy (non-hydrogen) atoms. The molecule has 2 rings (SSSR count). The maximum atomic E-state index is 12.4. The zero-order chi connectivity index (χ0) is 28.6. The van der Waals surface area contributed by atoms with E-state index in [1.165, 1.54) is 30.3 Å². The van der Waals surface area contributed by atoms with Crippen molar-refractivity contribution < 1.29 is 39.9 Å². The number of hydrogen-bond acceptors (Lipinski definition) is 9. The van der Waals surface area contributed by atoms with E-state index in [9.17, 15) is 39.9 Å². The Morgan fingerprint density at radius 2 is 1.21 bits per heavy atom. The van der Waals surface area contributed by atoms with Crippen molar-refractivity contribution in [1.29, 1.82) is 0 Å². The average molecular weight is 545 g/mol. The Bertz CT molecular complexity index is 1090. The molecule has 10 heteroatoms. The van der Waals surface area contributed by atoms with Gasteiger partial charge in [0.15, 0.2) is 34.6 Å². The zero-order valence-corrected chi connectivity index (χ0v) is 22.2. The van der Waals surface area contributed by atoms with E-state index in [-0.39, 0.29) is 40.6 Å². The fraction of sp³-hybridized carbons (Fsp3) is 0.483. The summed E-state index contributed by atoms with van der Waals surface area (Å²) in [5, 5.41) is 53.8. The van der Waals surface area contributed by atoms with Gasteiger partial charge in [0.1, 0.15) is 6.04 Å². The Labute approximate surface area is 228 Å². The molecule has 1 amide bonds. The van der Waals surface area contributed by atoms with Gasteiger partial charge >= 0.3 is 0 Å². The Morgan fingerprint density at radius 3 is 1.85 bits per heavy atom. The van der Waals surface area contributed by atoms with Gasteiger partial charge in [-0.1, -0.05) is 44.2 Å². The summed E-state index contributed by atoms with van der Waals surface area (Å²) in [5.74, 6) is -2.89. The van der Waals surface area contributed by atoms with Crippen LogP contribution >= 0.6 is 0 Å². The number of carbonyl (C=O) groups is 3. The standard InChI is InChI=1S/C29H40N2O8/c32-19-22(31-29(39)21-12-9-15-26(36)28(21)38)24(34)16-10-18-30-17-7-5-3-1-2-4-6-13-23(33)20-11-8-14-25(35)27(20)37/h8-9,11-12,14-15,22,30,32,35-38H,1-7,10,13,16-19H2,(H,31,39)/t22-/m0/s1. The Hall–Kier alpha value is -3.63. The summed E-state index contributed by atoms with van der Waals surface area (Å²) in [6.45, 7) is 0.899. The van der Waals surface area contributed by atoms with Crippen molar-refractivity contribution in [3.63, 3.8) is 0 Å². The summed E-state index contributed by atoms with van der Waals surface area (Å²) >= 11 is 0. The summed E-state index contributed by atoms with van der Waals surface area (Å²) < 4.78 is 0. The van der Waals surface area contributed by atoms with Crippen LogP contribution in [0.4, 0.5) is 0 Å². The molecule has 0 saturated carbocycles. The van der Waals surface area contributed by atoms with Gasteiger partial charge in [0.2, 0.25) is 0 Å². The van der Waals surface area contributed by atoms with Crippen LogP contribution in [0.3, 0.4) is 0 Å². The van der Waals surface area contributed by atoms with E-state index in [1.54, 1.807) is 6.07 Å². The molecule has 0 fully saturated rings. The van der Waals surface area contributed by atoms with Crippen molar-refractivity contribution in [2.24, 2.45) is 0 Å². The smallest absolute Gasteiger partial charge is 0.255 e. The number of Topliss-reactive ketones (excluding diaryl/α,β-unsaturated/α-hetero) is 2. The van der Waals surface area contributed by atoms with Crippen molar-refractivity contribution in [2.45, 2.75) is 70.3 Å². The Kier molecular flexibility index (Phi) is 13.8. The quantitative estimate of drug-likeness (QED) is 0.0792. The molecule has 0 radical (unpaired) electrons. The molecule has 0 heterocycles. The first-order valence-corrected chi connectivity index (χ1v) is 13.5. The maximum Gasteiger partial charge on any atom is 0.255 e. The van der Waals surface area contributed by atoms with Crippen LogP contribution in [0.1, 0.15) is 84.9 Å². The fourth-order valence-corrected chi connectivity index (χ4v) is 4.18. The third-order valence-electron chi connectivity index (χ3n) is 6.49. The van der Waals surface area contributed by atoms with E-state index in [4.69, 9.17) is 0 Å². The number of aliphatic hydroxyl groups excluding tert-OH is 1. The third kappa shape index (κ3) is 10.6. The molecule has 0 aliphatic rings. The number of rotatable bonds is 19. The number of nitrogens with one attached hydrogen (secondary N) is 2. The number of phenols is 4. The Balaban J connectivity index is 1.47. The van der Waals surface area contributed by atoms with Gasteiger partial charge in [-0.15, -0.1) is 0 Å². The van der Waals surface area contributed by atoms with Crippen molar-refractivity contribution in [1.82, 2.24) is 10.6 Å². The SMILES string of the molecule is O=C(CCCCCCCCCNCCCC(=O)[C@H](CO)NC(=O)c1cccc(O)c1O)c1cccc(O)c1O. The molecule has 1 atom stereocenters. The molecule has 7 N–H and O–H groups in total. The lowest BCUT2D eigenvalue weighted by Crippen LogP contribution is -2.43. The highest BCUT2D eigenvalue weighted by Gasteiger charge is 2.22. The molecule has 0 aromatic heterocycles. The first kappa shape index (κ1) is 31.6. The summed E-state index contributed by atoms with van der Waals surface area (Å²) in [6.07, 6.45) is 8.03. The summed E-state index contributed by atoms with van der Waals surface area (Å²) in [5.41, 5.74) is -0.0120. The molecule has 2 aromatic carbocycles. The van der Waals surface area contributed by atoms with E-state index in [2.05, 4.69) is 10.6 Å². The van der Waals surface area contributed by atoms with E-state index >= 15 is 0 Å². The second-order valence-electron chi connectivity index (χ2n) is 9.52. The van der Waals surface area contributed by atoms with Crippen LogP contribution in [-0.2, 0) is 4.79 Å². The van der Waals surface area contributed by atoms with Gasteiger partial charge in [-0.2, -0.15) is 0 Å². The molecule has 0 saturated heterocycles. The minimum atomic E-state index is -1.09. The number of para-hydroxylation sites is 2. The summed E-state index contributed by atoms with van der Waals surface area (Å²) in [4.78, 5) is 36.8. The minimum Gasteiger partial charge on any atom is -0.504 e. The topological polar surface area (TPSA) is 176 Å². The second-order valence-corrected chi connectivity index (χ2v) is 9.52. The van der Waals surface area contributed by atoms with Crippen LogP contribution in [0, 0.1) is 0 Å². The van der Waals surface area contributed by atoms with Crippen molar-refractivity contribution in [2.75, 3.05) is 19.7 Å². The number of hydrogen-bond donors (Lipinski definition) is 7. The van der Waals surface area contributed by atoms with Crippen LogP contribution in [0.15, 0.2) is 36.4 Å². The van der Waals surface area contributed by atoms with Crippen LogP contribution in [0.2, 0.25) is 0 Å². The number of ketones is 2. The van der Waals surface area contributed by atoms with Crippen LogP contribution in [-0.4, -0.2) is 68.7 Å². The lowest BCUT2D eigenvalue weighted by molar-refractivity contribution is -0.121. The highest BCUT2D eigenvalue weighted by Crippen LogP contribution is 2.30. The predicted octanol–water partition coefficient (Wildman–Crippen LogP) is 3.54. The van der Waals surface area contributed by atoms with E-state index in [0.29, 0.717) is 19.4 Å². The molecule has 0 aliphatic carbocycles. The lowest BCUT2D eigenvalue weighted by Gasteiger charge is -2.16. The number of benzene rings is 2. The monoisotopic (exact) mass is 544 g/mol. The molecule has 10 nitrogen and oxygen atoms in total. The first-order chi connectivity index (χ1) is 18.8. The van der Waals surface area contributed by atoms with Gasteiger partial charge < -0.3 is 36.2 Å². The van der Waals surface area contributed by atoms with Crippen LogP contribution < -0.4 is 10.6 Å².